The number of hydrogen-bond acceptors (Lipinski definition) is 8. The van der Waals surface area contributed by atoms with Crippen LogP contribution in [0.25, 0.3) is 11.3 Å². The molecule has 0 atom stereocenters. The van der Waals surface area contributed by atoms with Gasteiger partial charge in [0, 0.05) is 35.7 Å². The number of ether oxygens (including phenoxy) is 2. The lowest BCUT2D eigenvalue weighted by atomic mass is 10.1. The van der Waals surface area contributed by atoms with E-state index in [-0.39, 0.29) is 24.9 Å². The Bertz CT molecular complexity index is 1050. The number of carbonyl (C=O) groups is 1. The maximum Gasteiger partial charge on any atom is 0.269 e. The molecule has 0 aliphatic carbocycles. The number of hydrogen-bond donors (Lipinski definition) is 2. The lowest BCUT2D eigenvalue weighted by Gasteiger charge is -2.05. The van der Waals surface area contributed by atoms with Gasteiger partial charge in [0.25, 0.3) is 11.6 Å². The molecule has 2 heterocycles. The van der Waals surface area contributed by atoms with Crippen LogP contribution in [0.2, 0.25) is 0 Å². The number of nitrogens with zero attached hydrogens (tertiary/aromatic N) is 2. The van der Waals surface area contributed by atoms with Gasteiger partial charge in [-0.05, 0) is 43.3 Å². The third kappa shape index (κ3) is 6.07. The predicted octanol–water partition coefficient (Wildman–Crippen LogP) is 3.80. The normalized spacial score (nSPS) is 11.5. The highest BCUT2D eigenvalue weighted by molar-refractivity contribution is 5.81. The first kappa shape index (κ1) is 21.4. The van der Waals surface area contributed by atoms with E-state index in [0.717, 1.165) is 17.0 Å². The number of carbonyl (C=O) groups excluding carboxylic acids is 1. The van der Waals surface area contributed by atoms with Gasteiger partial charge in [-0.15, -0.1) is 0 Å². The summed E-state index contributed by atoms with van der Waals surface area (Å²) < 4.78 is 15.6. The van der Waals surface area contributed by atoms with Crippen molar-refractivity contribution in [3.8, 4) is 22.8 Å². The predicted molar refractivity (Wildman–Crippen MR) is 114 cm³/mol. The van der Waals surface area contributed by atoms with Crippen molar-refractivity contribution in [1.29, 1.82) is 0 Å². The summed E-state index contributed by atoms with van der Waals surface area (Å²) in [6.45, 7) is 2.12. The Morgan fingerprint density at radius 2 is 1.94 bits per heavy atom. The number of hydrazone groups is 1. The Morgan fingerprint density at radius 1 is 1.16 bits per heavy atom. The van der Waals surface area contributed by atoms with Crippen LogP contribution in [0.5, 0.6) is 11.5 Å². The number of nitro benzene ring substituents is 1. The lowest BCUT2D eigenvalue weighted by Crippen LogP contribution is -2.25. The first-order valence-electron chi connectivity index (χ1n) is 9.25. The third-order valence-electron chi connectivity index (χ3n) is 4.03. The smallest absolute Gasteiger partial charge is 0.269 e. The monoisotopic (exact) mass is 424 g/mol. The number of furan rings is 1. The second kappa shape index (κ2) is 10.4. The highest BCUT2D eigenvalue weighted by Crippen LogP contribution is 2.34. The highest BCUT2D eigenvalue weighted by atomic mass is 16.7. The number of anilines is 1. The number of non-ortho nitro benzene ring substituents is 1. The topological polar surface area (TPSA) is 128 Å². The number of amides is 1. The van der Waals surface area contributed by atoms with Crippen LogP contribution in [0.4, 0.5) is 11.4 Å². The number of rotatable bonds is 6. The molecule has 0 saturated heterocycles. The fraction of sp³-hybridized carbons (Fsp3) is 0.143. The van der Waals surface area contributed by atoms with Crippen molar-refractivity contribution in [3.05, 3.63) is 71.0 Å². The average Bonchev–Trinajstić information content (AvgIpc) is 3.48. The molecular weight excluding hydrogens is 404 g/mol. The standard InChI is InChI=1S/C11H13N3O3.C10H7NO3/c1-2-13-14-11(15)6-12-8-3-4-9-10(5-8)17-7-16-9;12-11(13)9-5-3-8(4-6-9)10-2-1-7-14-10/h2-5,12H,6-7H2,1H3,(H,14,15);1-7H/b13-2-;. The SMILES string of the molecule is C/C=N\NC(=O)CNc1ccc2c(c1)OCO2.O=[N+]([O-])c1ccc(-c2ccco2)cc1. The Labute approximate surface area is 177 Å². The molecule has 0 fully saturated rings. The highest BCUT2D eigenvalue weighted by Gasteiger charge is 2.13. The van der Waals surface area contributed by atoms with Crippen LogP contribution >= 0.6 is 0 Å². The molecule has 2 N–H and O–H groups in total. The first-order valence-corrected chi connectivity index (χ1v) is 9.25. The summed E-state index contributed by atoms with van der Waals surface area (Å²) in [4.78, 5) is 21.2. The molecule has 0 unspecified atom stereocenters. The largest absolute Gasteiger partial charge is 0.464 e. The number of nitro groups is 1. The van der Waals surface area contributed by atoms with Crippen LogP contribution in [-0.2, 0) is 4.79 Å². The van der Waals surface area contributed by atoms with Crippen molar-refractivity contribution >= 4 is 23.5 Å². The van der Waals surface area contributed by atoms with E-state index in [4.69, 9.17) is 13.9 Å². The van der Waals surface area contributed by atoms with Gasteiger partial charge >= 0.3 is 0 Å². The molecule has 0 saturated carbocycles. The molecule has 31 heavy (non-hydrogen) atoms. The van der Waals surface area contributed by atoms with Gasteiger partial charge in [0.1, 0.15) is 5.76 Å². The molecule has 160 valence electrons. The summed E-state index contributed by atoms with van der Waals surface area (Å²) >= 11 is 0. The van der Waals surface area contributed by atoms with Crippen molar-refractivity contribution in [3.63, 3.8) is 0 Å². The summed E-state index contributed by atoms with van der Waals surface area (Å²) in [5, 5.41) is 17.0. The van der Waals surface area contributed by atoms with E-state index in [9.17, 15) is 14.9 Å². The van der Waals surface area contributed by atoms with Gasteiger partial charge in [-0.25, -0.2) is 5.43 Å². The van der Waals surface area contributed by atoms with Gasteiger partial charge < -0.3 is 19.2 Å². The van der Waals surface area contributed by atoms with Gasteiger partial charge in [-0.1, -0.05) is 0 Å². The maximum absolute atomic E-state index is 11.3. The van der Waals surface area contributed by atoms with Crippen molar-refractivity contribution in [1.82, 2.24) is 5.43 Å². The van der Waals surface area contributed by atoms with Gasteiger partial charge in [0.2, 0.25) is 6.79 Å². The van der Waals surface area contributed by atoms with E-state index in [2.05, 4.69) is 15.8 Å². The molecule has 3 aromatic rings. The quantitative estimate of drug-likeness (QED) is 0.350. The summed E-state index contributed by atoms with van der Waals surface area (Å²) in [5.41, 5.74) is 4.08. The van der Waals surface area contributed by atoms with Crippen LogP contribution < -0.4 is 20.2 Å². The van der Waals surface area contributed by atoms with E-state index in [1.165, 1.54) is 18.3 Å². The molecule has 10 nitrogen and oxygen atoms in total. The second-order valence-electron chi connectivity index (χ2n) is 6.13. The van der Waals surface area contributed by atoms with Crippen molar-refractivity contribution in [2.45, 2.75) is 6.92 Å². The Morgan fingerprint density at radius 3 is 2.61 bits per heavy atom. The zero-order valence-corrected chi connectivity index (χ0v) is 16.6. The first-order chi connectivity index (χ1) is 15.1. The van der Waals surface area contributed by atoms with E-state index < -0.39 is 4.92 Å². The van der Waals surface area contributed by atoms with E-state index >= 15 is 0 Å². The molecule has 1 aliphatic rings. The van der Waals surface area contributed by atoms with Crippen LogP contribution in [0.3, 0.4) is 0 Å². The minimum atomic E-state index is -0.425. The number of fused-ring (bicyclic) bond motifs is 1. The van der Waals surface area contributed by atoms with E-state index in [0.29, 0.717) is 11.5 Å². The van der Waals surface area contributed by atoms with Crippen molar-refractivity contribution in [2.24, 2.45) is 5.10 Å². The van der Waals surface area contributed by atoms with Crippen molar-refractivity contribution < 1.29 is 23.6 Å². The van der Waals surface area contributed by atoms with Gasteiger partial charge in [0.15, 0.2) is 11.5 Å². The summed E-state index contributed by atoms with van der Waals surface area (Å²) in [6.07, 6.45) is 3.08. The Hall–Kier alpha value is -4.34. The molecule has 1 aromatic heterocycles. The minimum Gasteiger partial charge on any atom is -0.464 e. The molecule has 0 spiro atoms. The fourth-order valence-electron chi connectivity index (χ4n) is 2.56. The molecule has 4 rings (SSSR count). The van der Waals surface area contributed by atoms with Crippen LogP contribution in [0, 0.1) is 10.1 Å². The number of nitrogens with one attached hydrogen (secondary N) is 2. The average molecular weight is 424 g/mol. The lowest BCUT2D eigenvalue weighted by molar-refractivity contribution is -0.384. The van der Waals surface area contributed by atoms with Gasteiger partial charge in [-0.2, -0.15) is 5.10 Å². The van der Waals surface area contributed by atoms with Crippen molar-refractivity contribution in [2.75, 3.05) is 18.7 Å². The molecule has 10 heteroatoms. The van der Waals surface area contributed by atoms with Gasteiger partial charge in [0.05, 0.1) is 17.7 Å². The zero-order chi connectivity index (χ0) is 22.1. The third-order valence-corrected chi connectivity index (χ3v) is 4.03. The molecule has 1 amide bonds. The van der Waals surface area contributed by atoms with Gasteiger partial charge in [-0.3, -0.25) is 14.9 Å². The molecule has 0 bridgehead atoms. The summed E-state index contributed by atoms with van der Waals surface area (Å²) in [5.74, 6) is 1.90. The number of benzene rings is 2. The molecule has 0 radical (unpaired) electrons. The maximum atomic E-state index is 11.3. The molecule has 2 aromatic carbocycles. The van der Waals surface area contributed by atoms with Crippen LogP contribution in [-0.4, -0.2) is 30.4 Å². The van der Waals surface area contributed by atoms with E-state index in [1.807, 2.05) is 6.07 Å². The fourth-order valence-corrected chi connectivity index (χ4v) is 2.56. The second-order valence-corrected chi connectivity index (χ2v) is 6.13. The summed E-state index contributed by atoms with van der Waals surface area (Å²) in [7, 11) is 0. The summed E-state index contributed by atoms with van der Waals surface area (Å²) in [6, 6.07) is 15.2. The molecule has 1 aliphatic heterocycles. The zero-order valence-electron chi connectivity index (χ0n) is 16.6. The van der Waals surface area contributed by atoms with E-state index in [1.54, 1.807) is 49.6 Å². The Kier molecular flexibility index (Phi) is 7.20. The van der Waals surface area contributed by atoms with Crippen LogP contribution in [0.1, 0.15) is 6.92 Å². The minimum absolute atomic E-state index is 0.0836. The van der Waals surface area contributed by atoms with Crippen LogP contribution in [0.15, 0.2) is 70.4 Å². The molecular formula is C21H20N4O6. The Balaban J connectivity index is 0.000000179.